The highest BCUT2D eigenvalue weighted by atomic mass is 35.5. The Labute approximate surface area is 184 Å². The molecule has 1 aliphatic heterocycles. The van der Waals surface area contributed by atoms with Crippen LogP contribution in [-0.2, 0) is 14.3 Å². The standard InChI is InChI=1S/C22H19ClN6OS/c1-31(24,18-8-4-16(5-9-18)20-13-25-14-30-20)28-21-10-11-26-22-12-19(27-29(21)22)15-2-6-17(23)7-3-15/h2-13,25H,1,14H2,(H2,24,28). The predicted molar refractivity (Wildman–Crippen MR) is 126 cm³/mol. The van der Waals surface area contributed by atoms with Gasteiger partial charge in [0.2, 0.25) is 0 Å². The van der Waals surface area contributed by atoms with Crippen molar-refractivity contribution in [3.8, 4) is 11.3 Å². The number of nitrogens with one attached hydrogen (secondary N) is 3. The smallest absolute Gasteiger partial charge is 0.158 e. The van der Waals surface area contributed by atoms with Gasteiger partial charge in [-0.1, -0.05) is 35.9 Å². The summed E-state index contributed by atoms with van der Waals surface area (Å²) >= 11 is 5.99. The molecule has 0 radical (unpaired) electrons. The van der Waals surface area contributed by atoms with Crippen LogP contribution >= 0.6 is 11.6 Å². The number of hydrogen-bond acceptors (Lipinski definition) is 5. The van der Waals surface area contributed by atoms with E-state index in [-0.39, 0.29) is 0 Å². The van der Waals surface area contributed by atoms with Crippen molar-refractivity contribution in [2.24, 2.45) is 0 Å². The zero-order chi connectivity index (χ0) is 21.4. The number of anilines is 1. The highest BCUT2D eigenvalue weighted by Crippen LogP contribution is 2.25. The fourth-order valence-electron chi connectivity index (χ4n) is 3.29. The van der Waals surface area contributed by atoms with Crippen LogP contribution in [0, 0.1) is 4.78 Å². The van der Waals surface area contributed by atoms with Crippen molar-refractivity contribution < 1.29 is 4.74 Å². The first-order valence-corrected chi connectivity index (χ1v) is 11.6. The van der Waals surface area contributed by atoms with Gasteiger partial charge in [0.05, 0.1) is 5.69 Å². The lowest BCUT2D eigenvalue weighted by Crippen LogP contribution is -2.14. The summed E-state index contributed by atoms with van der Waals surface area (Å²) in [6.07, 6.45) is 3.53. The third kappa shape index (κ3) is 3.83. The van der Waals surface area contributed by atoms with E-state index in [1.807, 2.05) is 60.8 Å². The lowest BCUT2D eigenvalue weighted by molar-refractivity contribution is 0.291. The summed E-state index contributed by atoms with van der Waals surface area (Å²) < 4.78 is 19.3. The molecule has 3 heterocycles. The number of ether oxygens (including phenoxy) is 1. The van der Waals surface area contributed by atoms with E-state index in [0.717, 1.165) is 27.5 Å². The van der Waals surface area contributed by atoms with Crippen LogP contribution in [0.1, 0.15) is 5.56 Å². The molecule has 2 aromatic heterocycles. The van der Waals surface area contributed by atoms with Crippen LogP contribution < -0.4 is 10.0 Å². The summed E-state index contributed by atoms with van der Waals surface area (Å²) in [5.41, 5.74) is 3.34. The van der Waals surface area contributed by atoms with Gasteiger partial charge in [-0.2, -0.15) is 9.61 Å². The van der Waals surface area contributed by atoms with Crippen molar-refractivity contribution in [1.29, 1.82) is 4.78 Å². The Balaban J connectivity index is 1.46. The van der Waals surface area contributed by atoms with Crippen LogP contribution in [0.15, 0.2) is 78.0 Å². The maximum Gasteiger partial charge on any atom is 0.158 e. The van der Waals surface area contributed by atoms with Crippen molar-refractivity contribution in [2.75, 3.05) is 11.5 Å². The van der Waals surface area contributed by atoms with Gasteiger partial charge in [0.15, 0.2) is 12.4 Å². The van der Waals surface area contributed by atoms with E-state index in [1.165, 1.54) is 0 Å². The third-order valence-electron chi connectivity index (χ3n) is 4.86. The average Bonchev–Trinajstić information content (AvgIpc) is 3.45. The van der Waals surface area contributed by atoms with Gasteiger partial charge >= 0.3 is 0 Å². The lowest BCUT2D eigenvalue weighted by Gasteiger charge is -2.17. The fourth-order valence-corrected chi connectivity index (χ4v) is 4.64. The highest BCUT2D eigenvalue weighted by molar-refractivity contribution is 8.02. The van der Waals surface area contributed by atoms with E-state index < -0.39 is 9.60 Å². The Bertz CT molecular complexity index is 1390. The van der Waals surface area contributed by atoms with Crippen LogP contribution in [0.5, 0.6) is 0 Å². The summed E-state index contributed by atoms with van der Waals surface area (Å²) in [5, 5.41) is 8.37. The Hall–Kier alpha value is -3.49. The number of hydrogen-bond donors (Lipinski definition) is 3. The Morgan fingerprint density at radius 2 is 1.84 bits per heavy atom. The van der Waals surface area contributed by atoms with Crippen LogP contribution in [0.3, 0.4) is 0 Å². The monoisotopic (exact) mass is 450 g/mol. The van der Waals surface area contributed by atoms with Crippen molar-refractivity contribution >= 4 is 44.3 Å². The summed E-state index contributed by atoms with van der Waals surface area (Å²) in [4.78, 5) is 5.19. The number of nitrogens with zero attached hydrogens (tertiary/aromatic N) is 3. The van der Waals surface area contributed by atoms with Crippen LogP contribution in [0.2, 0.25) is 5.02 Å². The predicted octanol–water partition coefficient (Wildman–Crippen LogP) is 4.66. The van der Waals surface area contributed by atoms with E-state index in [1.54, 1.807) is 16.8 Å². The normalized spacial score (nSPS) is 15.1. The lowest BCUT2D eigenvalue weighted by atomic mass is 10.2. The van der Waals surface area contributed by atoms with E-state index >= 15 is 0 Å². The first-order chi connectivity index (χ1) is 15.0. The van der Waals surface area contributed by atoms with Crippen molar-refractivity contribution in [1.82, 2.24) is 19.9 Å². The number of fused-ring (bicyclic) bond motifs is 1. The summed E-state index contributed by atoms with van der Waals surface area (Å²) in [6, 6.07) is 18.9. The van der Waals surface area contributed by atoms with Gasteiger partial charge in [-0.05, 0) is 45.8 Å². The highest BCUT2D eigenvalue weighted by Gasteiger charge is 2.13. The zero-order valence-corrected chi connectivity index (χ0v) is 18.0. The van der Waals surface area contributed by atoms with E-state index in [2.05, 4.69) is 26.0 Å². The Kier molecular flexibility index (Phi) is 4.80. The molecule has 3 N–H and O–H groups in total. The van der Waals surface area contributed by atoms with Gasteiger partial charge in [-0.25, -0.2) is 4.98 Å². The topological polar surface area (TPSA) is 87.3 Å². The molecule has 0 spiro atoms. The molecule has 0 saturated heterocycles. The Morgan fingerprint density at radius 1 is 1.10 bits per heavy atom. The molecule has 0 aliphatic carbocycles. The molecule has 0 bridgehead atoms. The summed E-state index contributed by atoms with van der Waals surface area (Å²) in [7, 11) is -2.34. The van der Waals surface area contributed by atoms with Crippen molar-refractivity contribution in [2.45, 2.75) is 4.90 Å². The second-order valence-corrected chi connectivity index (χ2v) is 9.59. The molecule has 0 fully saturated rings. The molecule has 2 aromatic carbocycles. The molecule has 9 heteroatoms. The molecule has 0 amide bonds. The minimum Gasteiger partial charge on any atom is -0.471 e. The van der Waals surface area contributed by atoms with E-state index in [0.29, 0.717) is 23.2 Å². The van der Waals surface area contributed by atoms with Crippen LogP contribution in [-0.4, -0.2) is 27.2 Å². The van der Waals surface area contributed by atoms with Gasteiger partial charge < -0.3 is 14.8 Å². The van der Waals surface area contributed by atoms with E-state index in [9.17, 15) is 0 Å². The third-order valence-corrected chi connectivity index (χ3v) is 6.75. The molecular weight excluding hydrogens is 432 g/mol. The van der Waals surface area contributed by atoms with Gasteiger partial charge in [-0.15, -0.1) is 0 Å². The van der Waals surface area contributed by atoms with Crippen molar-refractivity contribution in [3.63, 3.8) is 0 Å². The molecule has 5 rings (SSSR count). The minimum atomic E-state index is -2.34. The molecule has 1 aliphatic rings. The molecule has 0 saturated carbocycles. The molecule has 7 nitrogen and oxygen atoms in total. The minimum absolute atomic E-state index is 0.474. The quantitative estimate of drug-likeness (QED) is 0.385. The first-order valence-electron chi connectivity index (χ1n) is 9.46. The molecule has 156 valence electrons. The largest absolute Gasteiger partial charge is 0.471 e. The second kappa shape index (κ2) is 7.64. The van der Waals surface area contributed by atoms with E-state index in [4.69, 9.17) is 21.1 Å². The number of aromatic nitrogens is 3. The molecule has 1 unspecified atom stereocenters. The summed E-state index contributed by atoms with van der Waals surface area (Å²) in [5.74, 6) is 5.59. The van der Waals surface area contributed by atoms with Crippen molar-refractivity contribution in [3.05, 3.63) is 83.6 Å². The first kappa shape index (κ1) is 19.5. The molecule has 31 heavy (non-hydrogen) atoms. The fraction of sp³-hybridized carbons (Fsp3) is 0.0455. The average molecular weight is 451 g/mol. The molecule has 4 aromatic rings. The van der Waals surface area contributed by atoms with Gasteiger partial charge in [0.25, 0.3) is 0 Å². The number of rotatable bonds is 5. The Morgan fingerprint density at radius 3 is 2.55 bits per heavy atom. The van der Waals surface area contributed by atoms with Gasteiger partial charge in [-0.3, -0.25) is 4.78 Å². The summed E-state index contributed by atoms with van der Waals surface area (Å²) in [6.45, 7) is 0.474. The maximum absolute atomic E-state index is 8.88. The second-order valence-electron chi connectivity index (χ2n) is 7.00. The number of benzene rings is 2. The molecular formula is C22H19ClN6OS. The van der Waals surface area contributed by atoms with Crippen LogP contribution in [0.4, 0.5) is 5.82 Å². The maximum atomic E-state index is 8.88. The van der Waals surface area contributed by atoms with Crippen LogP contribution in [0.25, 0.3) is 22.7 Å². The molecule has 1 atom stereocenters. The number of halogens is 1. The zero-order valence-electron chi connectivity index (χ0n) is 16.4. The van der Waals surface area contributed by atoms with Gasteiger partial charge in [0, 0.05) is 39.5 Å². The van der Waals surface area contributed by atoms with Gasteiger partial charge in [0.1, 0.15) is 11.6 Å². The SMILES string of the molecule is C=S(=N)(Nc1ccnc2cc(-c3ccc(Cl)cc3)nn12)c1ccc(C2=CNCO2)cc1.